The highest BCUT2D eigenvalue weighted by molar-refractivity contribution is 9.10. The second kappa shape index (κ2) is 7.89. The van der Waals surface area contributed by atoms with Crippen LogP contribution in [0.1, 0.15) is 35.9 Å². The van der Waals surface area contributed by atoms with Gasteiger partial charge in [0.2, 0.25) is 0 Å². The number of hydrogen-bond acceptors (Lipinski definition) is 4. The molecule has 0 aliphatic carbocycles. The number of rotatable bonds is 3. The van der Waals surface area contributed by atoms with Crippen LogP contribution >= 0.6 is 44.2 Å². The van der Waals surface area contributed by atoms with E-state index in [4.69, 9.17) is 4.98 Å². The number of aryl methyl sites for hydroxylation is 1. The fraction of sp³-hybridized carbons (Fsp3) is 0.353. The van der Waals surface area contributed by atoms with E-state index in [-0.39, 0.29) is 17.0 Å². The molecule has 0 radical (unpaired) electrons. The molecule has 1 aromatic carbocycles. The minimum Gasteiger partial charge on any atom is -0.315 e. The fourth-order valence-corrected chi connectivity index (χ4v) is 4.02. The molecule has 0 bridgehead atoms. The van der Waals surface area contributed by atoms with Crippen LogP contribution in [0.5, 0.6) is 0 Å². The third-order valence-electron chi connectivity index (χ3n) is 4.19. The Hall–Kier alpha value is -1.05. The van der Waals surface area contributed by atoms with E-state index in [9.17, 15) is 0 Å². The van der Waals surface area contributed by atoms with Crippen LogP contribution in [-0.2, 0) is 19.4 Å². The van der Waals surface area contributed by atoms with Crippen LogP contribution in [0.2, 0.25) is 0 Å². The summed E-state index contributed by atoms with van der Waals surface area (Å²) in [4.78, 5) is 4.78. The molecule has 0 amide bonds. The van der Waals surface area contributed by atoms with E-state index < -0.39 is 0 Å². The van der Waals surface area contributed by atoms with Gasteiger partial charge in [0.15, 0.2) is 0 Å². The lowest BCUT2D eigenvalue weighted by Gasteiger charge is -2.05. The molecule has 0 saturated carbocycles. The third kappa shape index (κ3) is 3.78. The quantitative estimate of drug-likeness (QED) is 0.538. The average molecular weight is 470 g/mol. The average Bonchev–Trinajstić information content (AvgIpc) is 3.10. The van der Waals surface area contributed by atoms with E-state index in [0.717, 1.165) is 51.8 Å². The molecule has 1 aliphatic rings. The second-order valence-corrected chi connectivity index (χ2v) is 7.66. The lowest BCUT2D eigenvalue weighted by Crippen LogP contribution is -2.06. The predicted molar refractivity (Wildman–Crippen MR) is 106 cm³/mol. The summed E-state index contributed by atoms with van der Waals surface area (Å²) in [5.41, 5.74) is 2.18. The first-order valence-corrected chi connectivity index (χ1v) is 9.58. The summed E-state index contributed by atoms with van der Waals surface area (Å²) in [6.07, 6.45) is 5.56. The predicted octanol–water partition coefficient (Wildman–Crippen LogP) is 5.06. The summed E-state index contributed by atoms with van der Waals surface area (Å²) in [7, 11) is 0. The van der Waals surface area contributed by atoms with E-state index in [2.05, 4.69) is 48.2 Å². The largest absolute Gasteiger partial charge is 0.315 e. The number of halogens is 2. The van der Waals surface area contributed by atoms with Gasteiger partial charge in [0.25, 0.3) is 0 Å². The van der Waals surface area contributed by atoms with Gasteiger partial charge in [0.1, 0.15) is 16.7 Å². The molecule has 1 aliphatic heterocycles. The molecule has 7 heteroatoms. The van der Waals surface area contributed by atoms with Gasteiger partial charge < -0.3 is 4.57 Å². The molecule has 0 unspecified atom stereocenters. The van der Waals surface area contributed by atoms with E-state index in [0.29, 0.717) is 0 Å². The molecule has 4 nitrogen and oxygen atoms in total. The number of fused-ring (bicyclic) bond motifs is 1. The van der Waals surface area contributed by atoms with Crippen LogP contribution < -0.4 is 0 Å². The van der Waals surface area contributed by atoms with E-state index in [1.165, 1.54) is 19.3 Å². The summed E-state index contributed by atoms with van der Waals surface area (Å²) in [6, 6.07) is 8.28. The lowest BCUT2D eigenvalue weighted by molar-refractivity contribution is 0.611. The van der Waals surface area contributed by atoms with Crippen LogP contribution in [0.3, 0.4) is 0 Å². The minimum absolute atomic E-state index is 0. The van der Waals surface area contributed by atoms with Crippen molar-refractivity contribution in [2.45, 2.75) is 38.6 Å². The second-order valence-electron chi connectivity index (χ2n) is 5.80. The number of aromatic nitrogens is 4. The van der Waals surface area contributed by atoms with Gasteiger partial charge in [-0.25, -0.2) is 4.98 Å². The standard InChI is InChI=1S/C17H17BrN4S.BrH/c18-13-7-5-12(6-8-13)14-11-23-17(19-14)10-16-21-20-15-4-2-1-3-9-22(15)16;/h5-8,11H,1-4,9-10H2;1H. The molecule has 2 aromatic heterocycles. The topological polar surface area (TPSA) is 43.6 Å². The van der Waals surface area contributed by atoms with E-state index in [1.807, 2.05) is 12.1 Å². The Morgan fingerprint density at radius 3 is 2.75 bits per heavy atom. The molecule has 3 aromatic rings. The highest BCUT2D eigenvalue weighted by atomic mass is 79.9. The van der Waals surface area contributed by atoms with Gasteiger partial charge in [-0.05, 0) is 25.0 Å². The van der Waals surface area contributed by atoms with Crippen molar-refractivity contribution in [2.75, 3.05) is 0 Å². The molecule has 24 heavy (non-hydrogen) atoms. The summed E-state index contributed by atoms with van der Waals surface area (Å²) in [5, 5.41) is 12.0. The van der Waals surface area contributed by atoms with Crippen LogP contribution in [0.15, 0.2) is 34.1 Å². The van der Waals surface area contributed by atoms with E-state index >= 15 is 0 Å². The molecular weight excluding hydrogens is 452 g/mol. The third-order valence-corrected chi connectivity index (χ3v) is 5.56. The maximum absolute atomic E-state index is 4.78. The Kier molecular flexibility index (Phi) is 5.84. The van der Waals surface area contributed by atoms with Gasteiger partial charge >= 0.3 is 0 Å². The number of benzene rings is 1. The Balaban J connectivity index is 0.00000169. The van der Waals surface area contributed by atoms with Crippen molar-refractivity contribution >= 4 is 44.2 Å². The fourth-order valence-electron chi connectivity index (χ4n) is 2.96. The molecule has 4 rings (SSSR count). The molecule has 0 fully saturated rings. The maximum Gasteiger partial charge on any atom is 0.139 e. The van der Waals surface area contributed by atoms with Gasteiger partial charge in [-0.1, -0.05) is 34.5 Å². The summed E-state index contributed by atoms with van der Waals surface area (Å²) in [5.74, 6) is 2.20. The summed E-state index contributed by atoms with van der Waals surface area (Å²) in [6.45, 7) is 1.04. The Morgan fingerprint density at radius 2 is 1.92 bits per heavy atom. The molecule has 0 atom stereocenters. The molecule has 0 spiro atoms. The first-order valence-electron chi connectivity index (χ1n) is 7.91. The summed E-state index contributed by atoms with van der Waals surface area (Å²) >= 11 is 5.17. The zero-order valence-corrected chi connectivity index (χ0v) is 17.2. The highest BCUT2D eigenvalue weighted by Gasteiger charge is 2.16. The van der Waals surface area contributed by atoms with Crippen LogP contribution in [-0.4, -0.2) is 19.7 Å². The van der Waals surface area contributed by atoms with Crippen LogP contribution in [0, 0.1) is 0 Å². The first kappa shape index (κ1) is 17.8. The normalized spacial score (nSPS) is 13.9. The van der Waals surface area contributed by atoms with Crippen molar-refractivity contribution < 1.29 is 0 Å². The number of hydrogen-bond donors (Lipinski definition) is 0. The maximum atomic E-state index is 4.78. The van der Waals surface area contributed by atoms with Gasteiger partial charge in [0.05, 0.1) is 12.1 Å². The zero-order valence-electron chi connectivity index (χ0n) is 13.1. The molecular formula is C17H18Br2N4S. The van der Waals surface area contributed by atoms with Gasteiger partial charge in [0, 0.05) is 28.4 Å². The SMILES string of the molecule is Br.Brc1ccc(-c2csc(Cc3nnc4n3CCCCC4)n2)cc1. The zero-order chi connectivity index (χ0) is 15.6. The smallest absolute Gasteiger partial charge is 0.139 e. The van der Waals surface area contributed by atoms with Crippen molar-refractivity contribution in [1.82, 2.24) is 19.7 Å². The molecule has 0 N–H and O–H groups in total. The molecule has 126 valence electrons. The first-order chi connectivity index (χ1) is 11.3. The Bertz CT molecular complexity index is 810. The van der Waals surface area contributed by atoms with Gasteiger partial charge in [-0.2, -0.15) is 0 Å². The highest BCUT2D eigenvalue weighted by Crippen LogP contribution is 2.25. The van der Waals surface area contributed by atoms with Crippen LogP contribution in [0.4, 0.5) is 0 Å². The summed E-state index contributed by atoms with van der Waals surface area (Å²) < 4.78 is 3.39. The van der Waals surface area contributed by atoms with Gasteiger partial charge in [-0.15, -0.1) is 38.5 Å². The monoisotopic (exact) mass is 468 g/mol. The van der Waals surface area contributed by atoms with Crippen molar-refractivity contribution in [1.29, 1.82) is 0 Å². The van der Waals surface area contributed by atoms with Crippen LogP contribution in [0.25, 0.3) is 11.3 Å². The Morgan fingerprint density at radius 1 is 1.08 bits per heavy atom. The molecule has 3 heterocycles. The number of thiazole rings is 1. The van der Waals surface area contributed by atoms with Crippen molar-refractivity contribution in [3.05, 3.63) is 50.8 Å². The van der Waals surface area contributed by atoms with Crippen molar-refractivity contribution in [3.8, 4) is 11.3 Å². The van der Waals surface area contributed by atoms with E-state index in [1.54, 1.807) is 11.3 Å². The van der Waals surface area contributed by atoms with Crippen molar-refractivity contribution in [3.63, 3.8) is 0 Å². The Labute approximate surface area is 164 Å². The molecule has 0 saturated heterocycles. The minimum atomic E-state index is 0. The number of nitrogens with zero attached hydrogens (tertiary/aromatic N) is 4. The lowest BCUT2D eigenvalue weighted by atomic mass is 10.2. The van der Waals surface area contributed by atoms with Crippen molar-refractivity contribution in [2.24, 2.45) is 0 Å². The van der Waals surface area contributed by atoms with Gasteiger partial charge in [-0.3, -0.25) is 0 Å².